The maximum Gasteiger partial charge on any atom is 0.321 e. The zero-order valence-corrected chi connectivity index (χ0v) is 18.6. The van der Waals surface area contributed by atoms with E-state index in [0.717, 1.165) is 11.3 Å². The number of benzene rings is 2. The highest BCUT2D eigenvalue weighted by Gasteiger charge is 2.32. The van der Waals surface area contributed by atoms with E-state index in [1.54, 1.807) is 18.9 Å². The molecule has 0 bridgehead atoms. The molecule has 0 radical (unpaired) electrons. The maximum absolute atomic E-state index is 11.2. The largest absolute Gasteiger partial charge is 0.497 e. The SMILES string of the molecule is COc1ccc(C2NC(C(=O)O)CS2)c(OCCOc2ccc(C(C)C)c(C)c2)c1. The number of aliphatic carboxylic acids is 1. The van der Waals surface area contributed by atoms with Crippen LogP contribution in [-0.4, -0.2) is 43.2 Å². The standard InChI is InChI=1S/C23H29NO5S/c1-14(2)18-7-6-17(11-15(18)3)28-9-10-29-21-12-16(27-4)5-8-19(21)22-24-20(13-30-22)23(25)26/h5-8,11-12,14,20,22,24H,9-10,13H2,1-4H3,(H,25,26). The van der Waals surface area contributed by atoms with Crippen LogP contribution in [-0.2, 0) is 4.79 Å². The summed E-state index contributed by atoms with van der Waals surface area (Å²) in [4.78, 5) is 11.2. The molecular weight excluding hydrogens is 402 g/mol. The first-order valence-corrected chi connectivity index (χ1v) is 11.1. The van der Waals surface area contributed by atoms with Crippen LogP contribution in [0.1, 0.15) is 41.8 Å². The molecule has 7 heteroatoms. The normalized spacial score (nSPS) is 18.4. The van der Waals surface area contributed by atoms with Crippen LogP contribution in [0.4, 0.5) is 0 Å². The molecule has 2 aromatic carbocycles. The second-order valence-corrected chi connectivity index (χ2v) is 8.68. The summed E-state index contributed by atoms with van der Waals surface area (Å²) in [5.41, 5.74) is 3.44. The summed E-state index contributed by atoms with van der Waals surface area (Å²) < 4.78 is 17.2. The van der Waals surface area contributed by atoms with E-state index in [-0.39, 0.29) is 5.37 Å². The van der Waals surface area contributed by atoms with E-state index in [0.29, 0.717) is 36.4 Å². The van der Waals surface area contributed by atoms with Gasteiger partial charge in [-0.3, -0.25) is 10.1 Å². The third kappa shape index (κ3) is 5.40. The van der Waals surface area contributed by atoms with Gasteiger partial charge in [0.1, 0.15) is 36.5 Å². The van der Waals surface area contributed by atoms with Gasteiger partial charge in [-0.25, -0.2) is 0 Å². The third-order valence-electron chi connectivity index (χ3n) is 5.06. The molecule has 2 unspecified atom stereocenters. The minimum absolute atomic E-state index is 0.140. The summed E-state index contributed by atoms with van der Waals surface area (Å²) in [5.74, 6) is 2.33. The molecule has 0 spiro atoms. The van der Waals surface area contributed by atoms with E-state index in [4.69, 9.17) is 14.2 Å². The number of hydrogen-bond donors (Lipinski definition) is 2. The lowest BCUT2D eigenvalue weighted by Gasteiger charge is -2.18. The molecule has 0 aromatic heterocycles. The van der Waals surface area contributed by atoms with Gasteiger partial charge >= 0.3 is 5.97 Å². The Hall–Kier alpha value is -2.38. The zero-order chi connectivity index (χ0) is 21.7. The fourth-order valence-electron chi connectivity index (χ4n) is 3.47. The van der Waals surface area contributed by atoms with Crippen LogP contribution in [0.3, 0.4) is 0 Å². The highest BCUT2D eigenvalue weighted by Crippen LogP contribution is 2.39. The van der Waals surface area contributed by atoms with Crippen molar-refractivity contribution in [2.24, 2.45) is 0 Å². The number of methoxy groups -OCH3 is 1. The Bertz CT molecular complexity index is 886. The average Bonchev–Trinajstić information content (AvgIpc) is 3.21. The lowest BCUT2D eigenvalue weighted by Crippen LogP contribution is -2.33. The van der Waals surface area contributed by atoms with Gasteiger partial charge in [0.05, 0.1) is 12.5 Å². The van der Waals surface area contributed by atoms with Crippen LogP contribution in [0.5, 0.6) is 17.2 Å². The Morgan fingerprint density at radius 2 is 1.90 bits per heavy atom. The summed E-state index contributed by atoms with van der Waals surface area (Å²) in [7, 11) is 1.61. The van der Waals surface area contributed by atoms with Gasteiger partial charge in [-0.05, 0) is 48.2 Å². The highest BCUT2D eigenvalue weighted by atomic mass is 32.2. The summed E-state index contributed by atoms with van der Waals surface area (Å²) in [6.45, 7) is 7.22. The Morgan fingerprint density at radius 3 is 2.53 bits per heavy atom. The van der Waals surface area contributed by atoms with E-state index >= 15 is 0 Å². The molecule has 3 rings (SSSR count). The van der Waals surface area contributed by atoms with Gasteiger partial charge in [0.25, 0.3) is 0 Å². The van der Waals surface area contributed by atoms with Gasteiger partial charge in [-0.2, -0.15) is 0 Å². The molecule has 1 aliphatic rings. The quantitative estimate of drug-likeness (QED) is 0.571. The first-order chi connectivity index (χ1) is 14.4. The number of nitrogens with one attached hydrogen (secondary N) is 1. The summed E-state index contributed by atoms with van der Waals surface area (Å²) in [6.07, 6.45) is 0. The molecule has 1 heterocycles. The number of aryl methyl sites for hydroxylation is 1. The van der Waals surface area contributed by atoms with Crippen molar-refractivity contribution in [1.29, 1.82) is 0 Å². The Labute approximate surface area is 181 Å². The van der Waals surface area contributed by atoms with Crippen molar-refractivity contribution in [1.82, 2.24) is 5.32 Å². The Kier molecular flexibility index (Phi) is 7.50. The summed E-state index contributed by atoms with van der Waals surface area (Å²) >= 11 is 1.56. The minimum atomic E-state index is -0.840. The van der Waals surface area contributed by atoms with Crippen molar-refractivity contribution in [3.05, 3.63) is 53.1 Å². The predicted octanol–water partition coefficient (Wildman–Crippen LogP) is 4.37. The van der Waals surface area contributed by atoms with E-state index in [1.165, 1.54) is 11.1 Å². The molecule has 0 saturated carbocycles. The minimum Gasteiger partial charge on any atom is -0.497 e. The van der Waals surface area contributed by atoms with Crippen molar-refractivity contribution in [3.63, 3.8) is 0 Å². The first-order valence-electron chi connectivity index (χ1n) is 10.0. The van der Waals surface area contributed by atoms with Crippen molar-refractivity contribution < 1.29 is 24.1 Å². The van der Waals surface area contributed by atoms with Crippen LogP contribution in [0, 0.1) is 6.92 Å². The van der Waals surface area contributed by atoms with Gasteiger partial charge < -0.3 is 19.3 Å². The lowest BCUT2D eigenvalue weighted by atomic mass is 9.98. The highest BCUT2D eigenvalue weighted by molar-refractivity contribution is 7.99. The van der Waals surface area contributed by atoms with Gasteiger partial charge in [-0.15, -0.1) is 11.8 Å². The van der Waals surface area contributed by atoms with Crippen LogP contribution >= 0.6 is 11.8 Å². The number of rotatable bonds is 9. The molecule has 1 saturated heterocycles. The van der Waals surface area contributed by atoms with Gasteiger partial charge in [0.2, 0.25) is 0 Å². The van der Waals surface area contributed by atoms with E-state index < -0.39 is 12.0 Å². The molecule has 2 atom stereocenters. The first kappa shape index (κ1) is 22.3. The number of thioether (sulfide) groups is 1. The van der Waals surface area contributed by atoms with Crippen LogP contribution in [0.15, 0.2) is 36.4 Å². The van der Waals surface area contributed by atoms with Crippen LogP contribution in [0.25, 0.3) is 0 Å². The fraction of sp³-hybridized carbons (Fsp3) is 0.435. The van der Waals surface area contributed by atoms with E-state index in [2.05, 4.69) is 38.2 Å². The monoisotopic (exact) mass is 431 g/mol. The summed E-state index contributed by atoms with van der Waals surface area (Å²) in [5, 5.41) is 12.2. The molecule has 1 aliphatic heterocycles. The molecule has 0 aliphatic carbocycles. The van der Waals surface area contributed by atoms with E-state index in [1.807, 2.05) is 24.3 Å². The second-order valence-electron chi connectivity index (χ2n) is 7.54. The lowest BCUT2D eigenvalue weighted by molar-refractivity contribution is -0.138. The molecule has 162 valence electrons. The molecular formula is C23H29NO5S. The third-order valence-corrected chi connectivity index (χ3v) is 6.31. The van der Waals surface area contributed by atoms with Crippen molar-refractivity contribution in [2.45, 2.75) is 38.1 Å². The number of carboxylic acids is 1. The molecule has 2 aromatic rings. The van der Waals surface area contributed by atoms with Gasteiger partial charge in [0.15, 0.2) is 0 Å². The predicted molar refractivity (Wildman–Crippen MR) is 119 cm³/mol. The molecule has 30 heavy (non-hydrogen) atoms. The molecule has 2 N–H and O–H groups in total. The smallest absolute Gasteiger partial charge is 0.321 e. The van der Waals surface area contributed by atoms with Crippen molar-refractivity contribution in [2.75, 3.05) is 26.1 Å². The molecule has 6 nitrogen and oxygen atoms in total. The number of ether oxygens (including phenoxy) is 3. The Balaban J connectivity index is 1.62. The van der Waals surface area contributed by atoms with Crippen LogP contribution in [0.2, 0.25) is 0 Å². The number of carbonyl (C=O) groups is 1. The molecule has 1 fully saturated rings. The average molecular weight is 432 g/mol. The zero-order valence-electron chi connectivity index (χ0n) is 17.8. The Morgan fingerprint density at radius 1 is 1.17 bits per heavy atom. The van der Waals surface area contributed by atoms with E-state index in [9.17, 15) is 9.90 Å². The maximum atomic E-state index is 11.2. The van der Waals surface area contributed by atoms with Crippen molar-refractivity contribution in [3.8, 4) is 17.2 Å². The summed E-state index contributed by atoms with van der Waals surface area (Å²) in [6, 6.07) is 11.2. The topological polar surface area (TPSA) is 77.0 Å². The molecule has 0 amide bonds. The number of carboxylic acid groups (broad SMARTS) is 1. The second kappa shape index (κ2) is 10.1. The number of hydrogen-bond acceptors (Lipinski definition) is 6. The van der Waals surface area contributed by atoms with Crippen molar-refractivity contribution >= 4 is 17.7 Å². The van der Waals surface area contributed by atoms with Gasteiger partial charge in [0, 0.05) is 17.4 Å². The van der Waals surface area contributed by atoms with Crippen LogP contribution < -0.4 is 19.5 Å². The fourth-order valence-corrected chi connectivity index (χ4v) is 4.73. The van der Waals surface area contributed by atoms with Gasteiger partial charge in [-0.1, -0.05) is 19.9 Å².